The summed E-state index contributed by atoms with van der Waals surface area (Å²) in [4.78, 5) is 0.979. The highest BCUT2D eigenvalue weighted by Gasteiger charge is 2.11. The molecular formula is C13H10ClN3S. The van der Waals surface area contributed by atoms with E-state index in [-0.39, 0.29) is 0 Å². The first-order valence-corrected chi connectivity index (χ1v) is 6.60. The summed E-state index contributed by atoms with van der Waals surface area (Å²) in [5, 5.41) is 4.51. The number of rotatable bonds is 2. The third-order valence-electron chi connectivity index (χ3n) is 2.57. The summed E-state index contributed by atoms with van der Waals surface area (Å²) in [6, 6.07) is 13.7. The number of halogens is 1. The lowest BCUT2D eigenvalue weighted by Gasteiger charge is -1.98. The largest absolute Gasteiger partial charge is 0.396 e. The molecule has 0 aliphatic rings. The fourth-order valence-electron chi connectivity index (χ4n) is 1.73. The molecule has 2 heterocycles. The molecule has 3 nitrogen and oxygen atoms in total. The average Bonchev–Trinajstić information content (AvgIpc) is 2.97. The van der Waals surface area contributed by atoms with Gasteiger partial charge in [-0.15, -0.1) is 11.3 Å². The molecule has 18 heavy (non-hydrogen) atoms. The topological polar surface area (TPSA) is 43.8 Å². The van der Waals surface area contributed by atoms with Gasteiger partial charge >= 0.3 is 0 Å². The monoisotopic (exact) mass is 275 g/mol. The Morgan fingerprint density at radius 2 is 1.89 bits per heavy atom. The van der Waals surface area contributed by atoms with Crippen LogP contribution in [0.2, 0.25) is 4.34 Å². The highest BCUT2D eigenvalue weighted by atomic mass is 35.5. The minimum Gasteiger partial charge on any atom is -0.396 e. The lowest BCUT2D eigenvalue weighted by Crippen LogP contribution is -1.93. The highest BCUT2D eigenvalue weighted by Crippen LogP contribution is 2.33. The van der Waals surface area contributed by atoms with Gasteiger partial charge in [-0.3, -0.25) is 0 Å². The number of nitrogens with zero attached hydrogens (tertiary/aromatic N) is 2. The Bertz CT molecular complexity index is 673. The quantitative estimate of drug-likeness (QED) is 0.772. The van der Waals surface area contributed by atoms with Crippen LogP contribution in [-0.4, -0.2) is 9.78 Å². The molecule has 0 radical (unpaired) electrons. The second kappa shape index (κ2) is 4.48. The minimum atomic E-state index is 0.650. The summed E-state index contributed by atoms with van der Waals surface area (Å²) in [7, 11) is 0. The molecule has 0 atom stereocenters. The second-order valence-corrected chi connectivity index (χ2v) is 5.53. The molecule has 0 saturated heterocycles. The van der Waals surface area contributed by atoms with E-state index in [1.165, 1.54) is 11.3 Å². The Morgan fingerprint density at radius 3 is 2.56 bits per heavy atom. The van der Waals surface area contributed by atoms with Crippen molar-refractivity contribution < 1.29 is 0 Å². The lowest BCUT2D eigenvalue weighted by atomic mass is 10.3. The SMILES string of the molecule is Nc1cn(-c2ccccc2)nc1-c1ccc(Cl)s1. The third kappa shape index (κ3) is 2.00. The van der Waals surface area contributed by atoms with Crippen LogP contribution in [0, 0.1) is 0 Å². The van der Waals surface area contributed by atoms with E-state index in [4.69, 9.17) is 17.3 Å². The van der Waals surface area contributed by atoms with Crippen LogP contribution in [0.25, 0.3) is 16.3 Å². The van der Waals surface area contributed by atoms with E-state index in [0.717, 1.165) is 20.6 Å². The van der Waals surface area contributed by atoms with Crippen LogP contribution in [-0.2, 0) is 0 Å². The zero-order chi connectivity index (χ0) is 12.5. The molecular weight excluding hydrogens is 266 g/mol. The number of anilines is 1. The van der Waals surface area contributed by atoms with Crippen molar-refractivity contribution in [1.29, 1.82) is 0 Å². The van der Waals surface area contributed by atoms with E-state index in [0.29, 0.717) is 5.69 Å². The van der Waals surface area contributed by atoms with Gasteiger partial charge in [0, 0.05) is 0 Å². The summed E-state index contributed by atoms with van der Waals surface area (Å²) in [5.74, 6) is 0. The van der Waals surface area contributed by atoms with Gasteiger partial charge in [-0.2, -0.15) is 5.10 Å². The number of thiophene rings is 1. The molecule has 2 aromatic heterocycles. The Balaban J connectivity index is 2.06. The van der Waals surface area contributed by atoms with E-state index in [1.54, 1.807) is 4.68 Å². The van der Waals surface area contributed by atoms with Gasteiger partial charge < -0.3 is 5.73 Å². The number of para-hydroxylation sites is 1. The standard InChI is InChI=1S/C13H10ClN3S/c14-12-7-6-11(18-12)13-10(15)8-17(16-13)9-4-2-1-3-5-9/h1-8H,15H2. The molecule has 0 amide bonds. The fraction of sp³-hybridized carbons (Fsp3) is 0. The van der Waals surface area contributed by atoms with Crippen LogP contribution in [0.5, 0.6) is 0 Å². The molecule has 0 aliphatic carbocycles. The molecule has 1 aromatic carbocycles. The summed E-state index contributed by atoms with van der Waals surface area (Å²) in [5.41, 5.74) is 8.41. The van der Waals surface area contributed by atoms with Crippen LogP contribution in [0.1, 0.15) is 0 Å². The highest BCUT2D eigenvalue weighted by molar-refractivity contribution is 7.19. The van der Waals surface area contributed by atoms with Gasteiger partial charge in [0.1, 0.15) is 5.69 Å². The smallest absolute Gasteiger partial charge is 0.126 e. The van der Waals surface area contributed by atoms with Crippen LogP contribution < -0.4 is 5.73 Å². The number of hydrogen-bond donors (Lipinski definition) is 1. The summed E-state index contributed by atoms with van der Waals surface area (Å²) < 4.78 is 2.51. The Labute approximate surface area is 113 Å². The molecule has 0 saturated carbocycles. The Morgan fingerprint density at radius 1 is 1.11 bits per heavy atom. The molecule has 0 bridgehead atoms. The van der Waals surface area contributed by atoms with Gasteiger partial charge in [0.05, 0.1) is 26.8 Å². The summed E-state index contributed by atoms with van der Waals surface area (Å²) in [6.07, 6.45) is 1.82. The maximum atomic E-state index is 6.00. The van der Waals surface area contributed by atoms with Crippen molar-refractivity contribution in [1.82, 2.24) is 9.78 Å². The lowest BCUT2D eigenvalue weighted by molar-refractivity contribution is 0.885. The molecule has 3 aromatic rings. The van der Waals surface area contributed by atoms with Gasteiger partial charge in [0.2, 0.25) is 0 Å². The maximum Gasteiger partial charge on any atom is 0.126 e. The molecule has 90 valence electrons. The number of benzene rings is 1. The Hall–Kier alpha value is -1.78. The molecule has 0 unspecified atom stereocenters. The molecule has 0 spiro atoms. The number of nitrogen functional groups attached to an aromatic ring is 1. The van der Waals surface area contributed by atoms with E-state index in [1.807, 2.05) is 48.7 Å². The van der Waals surface area contributed by atoms with Crippen molar-refractivity contribution >= 4 is 28.6 Å². The van der Waals surface area contributed by atoms with Crippen molar-refractivity contribution in [3.63, 3.8) is 0 Å². The fourth-order valence-corrected chi connectivity index (χ4v) is 2.78. The normalized spacial score (nSPS) is 10.7. The minimum absolute atomic E-state index is 0.650. The first-order valence-electron chi connectivity index (χ1n) is 5.40. The van der Waals surface area contributed by atoms with Gasteiger partial charge in [0.25, 0.3) is 0 Å². The van der Waals surface area contributed by atoms with Crippen molar-refractivity contribution in [2.24, 2.45) is 0 Å². The van der Waals surface area contributed by atoms with Crippen molar-refractivity contribution in [2.45, 2.75) is 0 Å². The maximum absolute atomic E-state index is 6.00. The van der Waals surface area contributed by atoms with Crippen LogP contribution >= 0.6 is 22.9 Å². The number of nitrogens with two attached hydrogens (primary N) is 1. The van der Waals surface area contributed by atoms with E-state index in [9.17, 15) is 0 Å². The second-order valence-electron chi connectivity index (χ2n) is 3.82. The van der Waals surface area contributed by atoms with Crippen molar-refractivity contribution in [3.05, 3.63) is 53.0 Å². The van der Waals surface area contributed by atoms with E-state index in [2.05, 4.69) is 5.10 Å². The molecule has 5 heteroatoms. The van der Waals surface area contributed by atoms with Crippen LogP contribution in [0.15, 0.2) is 48.7 Å². The van der Waals surface area contributed by atoms with E-state index >= 15 is 0 Å². The van der Waals surface area contributed by atoms with E-state index < -0.39 is 0 Å². The van der Waals surface area contributed by atoms with Crippen LogP contribution in [0.3, 0.4) is 0 Å². The predicted molar refractivity (Wildman–Crippen MR) is 76.3 cm³/mol. The van der Waals surface area contributed by atoms with Gasteiger partial charge in [0.15, 0.2) is 0 Å². The first kappa shape index (κ1) is 11.3. The van der Waals surface area contributed by atoms with Crippen LogP contribution in [0.4, 0.5) is 5.69 Å². The average molecular weight is 276 g/mol. The number of aromatic nitrogens is 2. The zero-order valence-electron chi connectivity index (χ0n) is 9.38. The predicted octanol–water partition coefficient (Wildman–Crippen LogP) is 3.84. The summed E-state index contributed by atoms with van der Waals surface area (Å²) in [6.45, 7) is 0. The first-order chi connectivity index (χ1) is 8.74. The Kier molecular flexibility index (Phi) is 2.81. The molecule has 2 N–H and O–H groups in total. The van der Waals surface area contributed by atoms with Crippen molar-refractivity contribution in [2.75, 3.05) is 5.73 Å². The number of hydrogen-bond acceptors (Lipinski definition) is 3. The third-order valence-corrected chi connectivity index (χ3v) is 3.81. The molecule has 3 rings (SSSR count). The van der Waals surface area contributed by atoms with Gasteiger partial charge in [-0.1, -0.05) is 29.8 Å². The van der Waals surface area contributed by atoms with Gasteiger partial charge in [-0.25, -0.2) is 4.68 Å². The molecule has 0 aliphatic heterocycles. The molecule has 0 fully saturated rings. The summed E-state index contributed by atoms with van der Waals surface area (Å²) >= 11 is 7.40. The zero-order valence-corrected chi connectivity index (χ0v) is 10.9. The van der Waals surface area contributed by atoms with Gasteiger partial charge in [-0.05, 0) is 24.3 Å². The van der Waals surface area contributed by atoms with Crippen molar-refractivity contribution in [3.8, 4) is 16.3 Å².